The fourth-order valence-corrected chi connectivity index (χ4v) is 3.45. The van der Waals surface area contributed by atoms with Crippen molar-refractivity contribution in [2.45, 2.75) is 45.6 Å². The van der Waals surface area contributed by atoms with Crippen LogP contribution in [-0.2, 0) is 11.3 Å². The van der Waals surface area contributed by atoms with Gasteiger partial charge in [0.25, 0.3) is 0 Å². The Balaban J connectivity index is 0.00000338. The molecule has 144 valence electrons. The zero-order valence-electron chi connectivity index (χ0n) is 15.9. The first kappa shape index (κ1) is 22.7. The number of halogens is 1. The SMILES string of the molecule is CCOCCC1(CNC(=NC)NCc2ccc(C#N)cc2)CCCC1.I. The molecule has 1 aromatic rings. The van der Waals surface area contributed by atoms with Crippen LogP contribution in [0.4, 0.5) is 0 Å². The summed E-state index contributed by atoms with van der Waals surface area (Å²) in [4.78, 5) is 4.34. The Morgan fingerprint density at radius 1 is 1.23 bits per heavy atom. The third kappa shape index (κ3) is 7.12. The molecular weight excluding hydrogens is 439 g/mol. The Bertz CT molecular complexity index is 589. The molecule has 26 heavy (non-hydrogen) atoms. The molecule has 2 rings (SSSR count). The van der Waals surface area contributed by atoms with Crippen molar-refractivity contribution in [3.63, 3.8) is 0 Å². The molecule has 1 aliphatic carbocycles. The fourth-order valence-electron chi connectivity index (χ4n) is 3.45. The van der Waals surface area contributed by atoms with Crippen LogP contribution in [0.15, 0.2) is 29.3 Å². The highest BCUT2D eigenvalue weighted by Crippen LogP contribution is 2.40. The molecule has 1 saturated carbocycles. The summed E-state index contributed by atoms with van der Waals surface area (Å²) in [7, 11) is 1.80. The number of rotatable bonds is 8. The van der Waals surface area contributed by atoms with Crippen LogP contribution in [0.2, 0.25) is 0 Å². The monoisotopic (exact) mass is 470 g/mol. The summed E-state index contributed by atoms with van der Waals surface area (Å²) >= 11 is 0. The topological polar surface area (TPSA) is 69.4 Å². The Morgan fingerprint density at radius 3 is 2.50 bits per heavy atom. The van der Waals surface area contributed by atoms with E-state index in [0.29, 0.717) is 17.5 Å². The van der Waals surface area contributed by atoms with Crippen LogP contribution in [0.1, 0.15) is 50.2 Å². The number of guanidine groups is 1. The summed E-state index contributed by atoms with van der Waals surface area (Å²) in [6, 6.07) is 9.77. The van der Waals surface area contributed by atoms with Gasteiger partial charge >= 0.3 is 0 Å². The lowest BCUT2D eigenvalue weighted by atomic mass is 9.83. The third-order valence-electron chi connectivity index (χ3n) is 5.04. The molecule has 6 heteroatoms. The molecule has 0 spiro atoms. The van der Waals surface area contributed by atoms with Crippen LogP contribution >= 0.6 is 24.0 Å². The molecule has 0 heterocycles. The average Bonchev–Trinajstić information content (AvgIpc) is 3.11. The van der Waals surface area contributed by atoms with Gasteiger partial charge in [-0.1, -0.05) is 25.0 Å². The average molecular weight is 470 g/mol. The second-order valence-corrected chi connectivity index (χ2v) is 6.74. The van der Waals surface area contributed by atoms with E-state index in [9.17, 15) is 0 Å². The summed E-state index contributed by atoms with van der Waals surface area (Å²) < 4.78 is 5.58. The van der Waals surface area contributed by atoms with Gasteiger partial charge in [0.2, 0.25) is 0 Å². The molecule has 5 nitrogen and oxygen atoms in total. The van der Waals surface area contributed by atoms with Gasteiger partial charge in [-0.2, -0.15) is 5.26 Å². The van der Waals surface area contributed by atoms with Gasteiger partial charge in [0, 0.05) is 33.4 Å². The van der Waals surface area contributed by atoms with Gasteiger partial charge < -0.3 is 15.4 Å². The highest BCUT2D eigenvalue weighted by Gasteiger charge is 2.33. The summed E-state index contributed by atoms with van der Waals surface area (Å²) in [6.07, 6.45) is 6.26. The number of hydrogen-bond acceptors (Lipinski definition) is 3. The van der Waals surface area contributed by atoms with Crippen LogP contribution in [0.25, 0.3) is 0 Å². The van der Waals surface area contributed by atoms with Gasteiger partial charge in [-0.15, -0.1) is 24.0 Å². The summed E-state index contributed by atoms with van der Waals surface area (Å²) in [5.41, 5.74) is 2.15. The van der Waals surface area contributed by atoms with E-state index in [-0.39, 0.29) is 24.0 Å². The first-order valence-corrected chi connectivity index (χ1v) is 9.23. The number of aliphatic imine (C=N–C) groups is 1. The van der Waals surface area contributed by atoms with Crippen molar-refractivity contribution in [2.75, 3.05) is 26.8 Å². The minimum absolute atomic E-state index is 0. The van der Waals surface area contributed by atoms with E-state index < -0.39 is 0 Å². The number of nitriles is 1. The van der Waals surface area contributed by atoms with Crippen molar-refractivity contribution >= 4 is 29.9 Å². The zero-order valence-corrected chi connectivity index (χ0v) is 18.2. The Hall–Kier alpha value is -1.33. The van der Waals surface area contributed by atoms with E-state index in [4.69, 9.17) is 10.00 Å². The molecule has 0 unspecified atom stereocenters. The maximum absolute atomic E-state index is 8.86. The molecule has 1 fully saturated rings. The number of nitrogens with zero attached hydrogens (tertiary/aromatic N) is 2. The van der Waals surface area contributed by atoms with Gasteiger partial charge in [-0.25, -0.2) is 0 Å². The Morgan fingerprint density at radius 2 is 1.92 bits per heavy atom. The molecule has 1 aromatic carbocycles. The molecule has 0 bridgehead atoms. The molecule has 0 amide bonds. The van der Waals surface area contributed by atoms with Crippen LogP contribution in [0.5, 0.6) is 0 Å². The van der Waals surface area contributed by atoms with Crippen molar-refractivity contribution in [3.8, 4) is 6.07 Å². The van der Waals surface area contributed by atoms with Crippen LogP contribution in [0, 0.1) is 16.7 Å². The normalized spacial score (nSPS) is 15.8. The maximum atomic E-state index is 8.86. The molecule has 2 N–H and O–H groups in total. The molecule has 0 aliphatic heterocycles. The number of hydrogen-bond donors (Lipinski definition) is 2. The quantitative estimate of drug-likeness (QED) is 0.262. The Labute approximate surface area is 174 Å². The predicted octanol–water partition coefficient (Wildman–Crippen LogP) is 3.83. The maximum Gasteiger partial charge on any atom is 0.191 e. The largest absolute Gasteiger partial charge is 0.382 e. The first-order valence-electron chi connectivity index (χ1n) is 9.23. The van der Waals surface area contributed by atoms with E-state index >= 15 is 0 Å². The van der Waals surface area contributed by atoms with Gasteiger partial charge in [0.1, 0.15) is 0 Å². The van der Waals surface area contributed by atoms with Gasteiger partial charge in [-0.05, 0) is 49.3 Å². The second-order valence-electron chi connectivity index (χ2n) is 6.74. The number of ether oxygens (including phenoxy) is 1. The van der Waals surface area contributed by atoms with Crippen molar-refractivity contribution in [1.29, 1.82) is 5.26 Å². The molecule has 0 saturated heterocycles. The van der Waals surface area contributed by atoms with Crippen LogP contribution in [-0.4, -0.2) is 32.8 Å². The predicted molar refractivity (Wildman–Crippen MR) is 117 cm³/mol. The van der Waals surface area contributed by atoms with E-state index in [1.807, 2.05) is 24.3 Å². The minimum Gasteiger partial charge on any atom is -0.382 e. The lowest BCUT2D eigenvalue weighted by Gasteiger charge is -2.30. The van der Waals surface area contributed by atoms with E-state index in [1.54, 1.807) is 7.05 Å². The van der Waals surface area contributed by atoms with E-state index in [1.165, 1.54) is 25.7 Å². The van der Waals surface area contributed by atoms with Gasteiger partial charge in [0.05, 0.1) is 11.6 Å². The minimum atomic E-state index is 0. The highest BCUT2D eigenvalue weighted by atomic mass is 127. The molecule has 1 aliphatic rings. The Kier molecular flexibility index (Phi) is 10.6. The lowest BCUT2D eigenvalue weighted by molar-refractivity contribution is 0.105. The van der Waals surface area contributed by atoms with Crippen molar-refractivity contribution in [1.82, 2.24) is 10.6 Å². The van der Waals surface area contributed by atoms with Gasteiger partial charge in [0.15, 0.2) is 5.96 Å². The smallest absolute Gasteiger partial charge is 0.191 e. The third-order valence-corrected chi connectivity index (χ3v) is 5.04. The molecule has 0 atom stereocenters. The second kappa shape index (κ2) is 12.1. The summed E-state index contributed by atoms with van der Waals surface area (Å²) in [5, 5.41) is 15.7. The van der Waals surface area contributed by atoms with E-state index in [0.717, 1.165) is 37.7 Å². The number of benzene rings is 1. The van der Waals surface area contributed by atoms with Gasteiger partial charge in [-0.3, -0.25) is 4.99 Å². The summed E-state index contributed by atoms with van der Waals surface area (Å²) in [6.45, 7) is 5.31. The molecule has 0 aromatic heterocycles. The zero-order chi connectivity index (χ0) is 18.0. The molecular formula is C20H31IN4O. The first-order chi connectivity index (χ1) is 12.2. The summed E-state index contributed by atoms with van der Waals surface area (Å²) in [5.74, 6) is 0.826. The van der Waals surface area contributed by atoms with Crippen LogP contribution in [0.3, 0.4) is 0 Å². The fraction of sp³-hybridized carbons (Fsp3) is 0.600. The van der Waals surface area contributed by atoms with Crippen molar-refractivity contribution < 1.29 is 4.74 Å². The highest BCUT2D eigenvalue weighted by molar-refractivity contribution is 14.0. The standard InChI is InChI=1S/C20H30N4O.HI/c1-3-25-13-12-20(10-4-5-11-20)16-24-19(22-2)23-15-18-8-6-17(14-21)7-9-18;/h6-9H,3-5,10-13,15-16H2,1-2H3,(H2,22,23,24);1H. The van der Waals surface area contributed by atoms with Crippen molar-refractivity contribution in [3.05, 3.63) is 35.4 Å². The lowest BCUT2D eigenvalue weighted by Crippen LogP contribution is -2.43. The van der Waals surface area contributed by atoms with E-state index in [2.05, 4.69) is 28.6 Å². The number of nitrogens with one attached hydrogen (secondary N) is 2. The van der Waals surface area contributed by atoms with Crippen molar-refractivity contribution in [2.24, 2.45) is 10.4 Å². The van der Waals surface area contributed by atoms with Crippen LogP contribution < -0.4 is 10.6 Å². The molecule has 0 radical (unpaired) electrons.